The van der Waals surface area contributed by atoms with Gasteiger partial charge in [-0.2, -0.15) is 0 Å². The van der Waals surface area contributed by atoms with Crippen LogP contribution in [-0.4, -0.2) is 70.1 Å². The molecule has 3 aromatic rings. The van der Waals surface area contributed by atoms with Crippen LogP contribution in [0.5, 0.6) is 34.5 Å². The Morgan fingerprint density at radius 1 is 0.925 bits per heavy atom. The number of phenolic OH excluding ortho intramolecular Hbond substituents is 1. The van der Waals surface area contributed by atoms with Crippen LogP contribution in [0, 0.1) is 6.92 Å². The fourth-order valence-corrected chi connectivity index (χ4v) is 4.50. The van der Waals surface area contributed by atoms with E-state index >= 15 is 0 Å². The third-order valence-electron chi connectivity index (χ3n) is 6.57. The number of hydrogen-bond acceptors (Lipinski definition) is 10. The van der Waals surface area contributed by atoms with Gasteiger partial charge >= 0.3 is 0 Å². The number of likely N-dealkylation sites (N-methyl/N-ethyl adjacent to an activating group) is 1. The van der Waals surface area contributed by atoms with Gasteiger partial charge in [-0.1, -0.05) is 6.07 Å². The van der Waals surface area contributed by atoms with Gasteiger partial charge in [0, 0.05) is 19.0 Å². The highest BCUT2D eigenvalue weighted by atomic mass is 16.5. The van der Waals surface area contributed by atoms with Gasteiger partial charge in [0.1, 0.15) is 5.76 Å². The summed E-state index contributed by atoms with van der Waals surface area (Å²) in [5.74, 6) is -0.0498. The number of phenols is 1. The summed E-state index contributed by atoms with van der Waals surface area (Å²) >= 11 is 0. The third-order valence-corrected chi connectivity index (χ3v) is 6.57. The molecule has 0 bridgehead atoms. The molecule has 0 radical (unpaired) electrons. The lowest BCUT2D eigenvalue weighted by molar-refractivity contribution is -0.121. The van der Waals surface area contributed by atoms with E-state index in [-0.39, 0.29) is 47.9 Å². The number of aryl methyl sites for hydroxylation is 1. The number of hydrogen-bond donors (Lipinski definition) is 3. The zero-order valence-electron chi connectivity index (χ0n) is 23.7. The summed E-state index contributed by atoms with van der Waals surface area (Å²) in [5.41, 5.74) is 0.703. The van der Waals surface area contributed by atoms with E-state index in [9.17, 15) is 19.8 Å². The molecule has 0 aliphatic carbocycles. The molecule has 0 aliphatic heterocycles. The highest BCUT2D eigenvalue weighted by molar-refractivity contribution is 5.77. The second-order valence-electron chi connectivity index (χ2n) is 9.36. The van der Waals surface area contributed by atoms with Crippen molar-refractivity contribution in [2.24, 2.45) is 0 Å². The van der Waals surface area contributed by atoms with Gasteiger partial charge in [0.05, 0.1) is 40.4 Å². The number of methoxy groups -OCH3 is 4. The molecule has 0 spiro atoms. The summed E-state index contributed by atoms with van der Waals surface area (Å²) in [4.78, 5) is 27.6. The summed E-state index contributed by atoms with van der Waals surface area (Å²) < 4.78 is 27.3. The van der Waals surface area contributed by atoms with Crippen LogP contribution in [0.2, 0.25) is 0 Å². The van der Waals surface area contributed by atoms with Crippen molar-refractivity contribution in [1.29, 1.82) is 0 Å². The Hall–Kier alpha value is -4.38. The molecular weight excluding hydrogens is 520 g/mol. The van der Waals surface area contributed by atoms with Gasteiger partial charge in [-0.05, 0) is 56.4 Å². The molecule has 1 heterocycles. The van der Waals surface area contributed by atoms with E-state index in [1.165, 1.54) is 46.6 Å². The van der Waals surface area contributed by atoms with Gasteiger partial charge in [0.15, 0.2) is 28.8 Å². The summed E-state index contributed by atoms with van der Waals surface area (Å²) in [5, 5.41) is 23.6. The molecule has 11 heteroatoms. The maximum absolute atomic E-state index is 13.3. The highest BCUT2D eigenvalue weighted by Gasteiger charge is 2.28. The van der Waals surface area contributed by atoms with Crippen molar-refractivity contribution >= 4 is 5.91 Å². The molecule has 11 nitrogen and oxygen atoms in total. The van der Waals surface area contributed by atoms with E-state index in [1.54, 1.807) is 13.0 Å². The first-order valence-electron chi connectivity index (χ1n) is 12.5. The van der Waals surface area contributed by atoms with Crippen molar-refractivity contribution in [1.82, 2.24) is 10.2 Å². The van der Waals surface area contributed by atoms with Gasteiger partial charge in [-0.25, -0.2) is 0 Å². The Kier molecular flexibility index (Phi) is 9.89. The molecule has 0 saturated carbocycles. The van der Waals surface area contributed by atoms with E-state index in [1.807, 2.05) is 31.1 Å². The predicted molar refractivity (Wildman–Crippen MR) is 148 cm³/mol. The number of carbonyl (C=O) groups is 1. The first-order chi connectivity index (χ1) is 19.0. The topological polar surface area (TPSA) is 140 Å². The van der Waals surface area contributed by atoms with Gasteiger partial charge in [0.2, 0.25) is 22.8 Å². The van der Waals surface area contributed by atoms with Crippen molar-refractivity contribution in [3.63, 3.8) is 0 Å². The first kappa shape index (κ1) is 30.2. The molecule has 40 heavy (non-hydrogen) atoms. The molecule has 216 valence electrons. The predicted octanol–water partition coefficient (Wildman–Crippen LogP) is 3.33. The molecule has 0 saturated heterocycles. The molecule has 2 aromatic carbocycles. The number of amides is 1. The van der Waals surface area contributed by atoms with E-state index in [4.69, 9.17) is 23.4 Å². The maximum atomic E-state index is 13.3. The molecule has 3 rings (SSSR count). The monoisotopic (exact) mass is 556 g/mol. The number of benzene rings is 2. The van der Waals surface area contributed by atoms with Crippen LogP contribution in [-0.2, 0) is 4.79 Å². The van der Waals surface area contributed by atoms with E-state index in [2.05, 4.69) is 5.32 Å². The minimum absolute atomic E-state index is 0.0540. The molecule has 1 amide bonds. The lowest BCUT2D eigenvalue weighted by Gasteiger charge is -2.27. The SMILES string of the molecule is COc1cc([C@H](CC(=O)NC[C@H](c2cc(OC)c(OC)c(OC)c2)N(C)C)c2oc(C)cc(=O)c2O)ccc1O. The lowest BCUT2D eigenvalue weighted by atomic mass is 9.91. The number of ether oxygens (including phenoxy) is 4. The normalized spacial score (nSPS) is 12.5. The Labute approximate surface area is 232 Å². The molecule has 1 aromatic heterocycles. The standard InChI is InChI=1S/C29H36N2O9/c1-16-10-22(33)27(35)28(40-16)19(17-8-9-21(32)23(11-17)36-4)14-26(34)30-15-20(31(2)3)18-12-24(37-5)29(39-7)25(13-18)38-6/h8-13,19-20,32,35H,14-15H2,1-7H3,(H,30,34)/t19-,20+/m0/s1. The van der Waals surface area contributed by atoms with Crippen molar-refractivity contribution in [2.45, 2.75) is 25.3 Å². The zero-order valence-corrected chi connectivity index (χ0v) is 23.7. The largest absolute Gasteiger partial charge is 0.504 e. The first-order valence-corrected chi connectivity index (χ1v) is 12.5. The molecule has 0 aliphatic rings. The van der Waals surface area contributed by atoms with Gasteiger partial charge in [0.25, 0.3) is 0 Å². The van der Waals surface area contributed by atoms with Crippen molar-refractivity contribution in [2.75, 3.05) is 49.1 Å². The summed E-state index contributed by atoms with van der Waals surface area (Å²) in [6, 6.07) is 9.08. The van der Waals surface area contributed by atoms with E-state index in [0.717, 1.165) is 5.56 Å². The van der Waals surface area contributed by atoms with Crippen LogP contribution < -0.4 is 29.7 Å². The summed E-state index contributed by atoms with van der Waals surface area (Å²) in [6.45, 7) is 1.80. The molecular formula is C29H36N2O9. The quantitative estimate of drug-likeness (QED) is 0.304. The average Bonchev–Trinajstić information content (AvgIpc) is 2.93. The van der Waals surface area contributed by atoms with Gasteiger partial charge in [-0.3, -0.25) is 9.59 Å². The van der Waals surface area contributed by atoms with Crippen LogP contribution in [0.15, 0.2) is 45.6 Å². The Bertz CT molecular complexity index is 1380. The third kappa shape index (κ3) is 6.60. The van der Waals surface area contributed by atoms with Crippen molar-refractivity contribution in [3.05, 3.63) is 69.3 Å². The summed E-state index contributed by atoms with van der Waals surface area (Å²) in [7, 11) is 9.75. The fraction of sp³-hybridized carbons (Fsp3) is 0.379. The maximum Gasteiger partial charge on any atom is 0.227 e. The number of nitrogens with one attached hydrogen (secondary N) is 1. The van der Waals surface area contributed by atoms with Gasteiger partial charge < -0.3 is 43.8 Å². The lowest BCUT2D eigenvalue weighted by Crippen LogP contribution is -2.35. The minimum Gasteiger partial charge on any atom is -0.504 e. The van der Waals surface area contributed by atoms with Crippen molar-refractivity contribution < 1.29 is 38.4 Å². The molecule has 3 N–H and O–H groups in total. The van der Waals surface area contributed by atoms with Crippen LogP contribution >= 0.6 is 0 Å². The minimum atomic E-state index is -0.846. The number of aromatic hydroxyl groups is 2. The molecule has 2 atom stereocenters. The number of rotatable bonds is 12. The van der Waals surface area contributed by atoms with E-state index < -0.39 is 17.1 Å². The van der Waals surface area contributed by atoms with Crippen LogP contribution in [0.25, 0.3) is 0 Å². The molecule has 0 fully saturated rings. The van der Waals surface area contributed by atoms with Crippen LogP contribution in [0.1, 0.15) is 41.0 Å². The summed E-state index contributed by atoms with van der Waals surface area (Å²) in [6.07, 6.45) is -0.163. The number of nitrogens with zero attached hydrogens (tertiary/aromatic N) is 1. The van der Waals surface area contributed by atoms with Crippen molar-refractivity contribution in [3.8, 4) is 34.5 Å². The molecule has 0 unspecified atom stereocenters. The highest BCUT2D eigenvalue weighted by Crippen LogP contribution is 2.41. The second kappa shape index (κ2) is 13.1. The van der Waals surface area contributed by atoms with E-state index in [0.29, 0.717) is 22.8 Å². The van der Waals surface area contributed by atoms with Crippen LogP contribution in [0.4, 0.5) is 0 Å². The second-order valence-corrected chi connectivity index (χ2v) is 9.36. The Balaban J connectivity index is 1.93. The Morgan fingerprint density at radius 3 is 2.08 bits per heavy atom. The Morgan fingerprint density at radius 2 is 1.52 bits per heavy atom. The van der Waals surface area contributed by atoms with Gasteiger partial charge in [-0.15, -0.1) is 0 Å². The smallest absolute Gasteiger partial charge is 0.227 e. The fourth-order valence-electron chi connectivity index (χ4n) is 4.50. The number of carbonyl (C=O) groups excluding carboxylic acids is 1. The van der Waals surface area contributed by atoms with Crippen LogP contribution in [0.3, 0.4) is 0 Å². The zero-order chi connectivity index (χ0) is 29.6. The average molecular weight is 557 g/mol.